The monoisotopic (exact) mass is 372 g/mol. The number of fused-ring (bicyclic) bond motifs is 4. The molecule has 0 saturated carbocycles. The third-order valence-corrected chi connectivity index (χ3v) is 4.26. The van der Waals surface area contributed by atoms with Gasteiger partial charge < -0.3 is 19.1 Å². The molecule has 2 aliphatic heterocycles. The average Bonchev–Trinajstić information content (AvgIpc) is 2.95. The van der Waals surface area contributed by atoms with Gasteiger partial charge in [-0.2, -0.15) is 0 Å². The third-order valence-electron chi connectivity index (χ3n) is 4.26. The van der Waals surface area contributed by atoms with E-state index in [1.165, 1.54) is 18.7 Å². The fourth-order valence-corrected chi connectivity index (χ4v) is 3.11. The number of nitrogens with zero attached hydrogens (tertiary/aromatic N) is 2. The van der Waals surface area contributed by atoms with Crippen LogP contribution in [0, 0.1) is 0 Å². The molecule has 2 aliphatic rings. The Morgan fingerprint density at radius 2 is 1.96 bits per heavy atom. The highest BCUT2D eigenvalue weighted by Crippen LogP contribution is 2.35. The van der Waals surface area contributed by atoms with E-state index in [2.05, 4.69) is 18.8 Å². The maximum Gasteiger partial charge on any atom is 0.341 e. The van der Waals surface area contributed by atoms with Gasteiger partial charge in [0.15, 0.2) is 11.2 Å². The van der Waals surface area contributed by atoms with Crippen LogP contribution >= 0.6 is 0 Å². The predicted molar refractivity (Wildman–Crippen MR) is 101 cm³/mol. The van der Waals surface area contributed by atoms with Gasteiger partial charge in [-0.1, -0.05) is 20.3 Å². The molecule has 0 bridgehead atoms. The normalized spacial score (nSPS) is 14.6. The van der Waals surface area contributed by atoms with Gasteiger partial charge in [-0.25, -0.2) is 9.78 Å². The van der Waals surface area contributed by atoms with Crippen molar-refractivity contribution in [1.82, 2.24) is 9.55 Å². The Bertz CT molecular complexity index is 904. The SMILES string of the molecule is CCC.O=C(O)c1cn2c(cc1=O)-c1nc3c(cc1CCC2)OCCCO3. The van der Waals surface area contributed by atoms with Crippen LogP contribution in [0.2, 0.25) is 0 Å². The van der Waals surface area contributed by atoms with Crippen molar-refractivity contribution in [2.75, 3.05) is 13.2 Å². The molecule has 2 aromatic rings. The van der Waals surface area contributed by atoms with Gasteiger partial charge in [0.25, 0.3) is 5.88 Å². The fourth-order valence-electron chi connectivity index (χ4n) is 3.11. The van der Waals surface area contributed by atoms with Gasteiger partial charge in [0.1, 0.15) is 5.56 Å². The van der Waals surface area contributed by atoms with Crippen LogP contribution in [0.25, 0.3) is 11.4 Å². The Balaban J connectivity index is 0.000000659. The number of rotatable bonds is 1. The highest BCUT2D eigenvalue weighted by molar-refractivity contribution is 5.87. The second kappa shape index (κ2) is 8.24. The first-order valence-corrected chi connectivity index (χ1v) is 9.32. The van der Waals surface area contributed by atoms with Gasteiger partial charge in [-0.05, 0) is 24.5 Å². The van der Waals surface area contributed by atoms with Crippen molar-refractivity contribution in [3.05, 3.63) is 39.7 Å². The van der Waals surface area contributed by atoms with Crippen LogP contribution in [0.4, 0.5) is 0 Å². The molecule has 0 spiro atoms. The number of pyridine rings is 2. The van der Waals surface area contributed by atoms with Crippen molar-refractivity contribution in [3.8, 4) is 23.0 Å². The number of hydrogen-bond acceptors (Lipinski definition) is 5. The van der Waals surface area contributed by atoms with E-state index in [1.54, 1.807) is 4.57 Å². The summed E-state index contributed by atoms with van der Waals surface area (Å²) in [4.78, 5) is 27.9. The lowest BCUT2D eigenvalue weighted by molar-refractivity contribution is 0.0694. The predicted octanol–water partition coefficient (Wildman–Crippen LogP) is 3.13. The maximum absolute atomic E-state index is 12.1. The van der Waals surface area contributed by atoms with Crippen LogP contribution in [-0.4, -0.2) is 33.8 Å². The summed E-state index contributed by atoms with van der Waals surface area (Å²) >= 11 is 0. The van der Waals surface area contributed by atoms with Crippen LogP contribution in [-0.2, 0) is 13.0 Å². The van der Waals surface area contributed by atoms with E-state index in [-0.39, 0.29) is 5.56 Å². The Labute approximate surface area is 157 Å². The Hall–Kier alpha value is -2.83. The zero-order valence-corrected chi connectivity index (χ0v) is 15.7. The van der Waals surface area contributed by atoms with Crippen molar-refractivity contribution in [3.63, 3.8) is 0 Å². The molecule has 0 unspecified atom stereocenters. The van der Waals surface area contributed by atoms with Crippen LogP contribution in [0.5, 0.6) is 11.6 Å². The molecular weight excluding hydrogens is 348 g/mol. The molecule has 1 N–H and O–H groups in total. The van der Waals surface area contributed by atoms with Crippen molar-refractivity contribution in [2.45, 2.75) is 46.1 Å². The smallest absolute Gasteiger partial charge is 0.341 e. The quantitative estimate of drug-likeness (QED) is 0.827. The summed E-state index contributed by atoms with van der Waals surface area (Å²) in [6, 6.07) is 3.28. The van der Waals surface area contributed by atoms with E-state index >= 15 is 0 Å². The lowest BCUT2D eigenvalue weighted by Gasteiger charge is -2.14. The van der Waals surface area contributed by atoms with Crippen molar-refractivity contribution in [2.24, 2.45) is 0 Å². The van der Waals surface area contributed by atoms with E-state index in [0.29, 0.717) is 42.8 Å². The highest BCUT2D eigenvalue weighted by Gasteiger charge is 2.23. The molecule has 27 heavy (non-hydrogen) atoms. The second-order valence-electron chi connectivity index (χ2n) is 6.60. The van der Waals surface area contributed by atoms with Crippen LogP contribution < -0.4 is 14.9 Å². The number of carbonyl (C=O) groups is 1. The van der Waals surface area contributed by atoms with E-state index < -0.39 is 11.4 Å². The molecule has 0 atom stereocenters. The summed E-state index contributed by atoms with van der Waals surface area (Å²) in [5.74, 6) is -0.162. The van der Waals surface area contributed by atoms with Gasteiger partial charge in [0, 0.05) is 25.2 Å². The van der Waals surface area contributed by atoms with Crippen molar-refractivity contribution >= 4 is 5.97 Å². The molecule has 2 aromatic heterocycles. The minimum Gasteiger partial charge on any atom is -0.488 e. The molecule has 7 nitrogen and oxygen atoms in total. The minimum atomic E-state index is -1.22. The zero-order chi connectivity index (χ0) is 19.4. The fraction of sp³-hybridized carbons (Fsp3) is 0.450. The van der Waals surface area contributed by atoms with Crippen molar-refractivity contribution in [1.29, 1.82) is 0 Å². The van der Waals surface area contributed by atoms with Crippen LogP contribution in [0.1, 0.15) is 49.0 Å². The molecule has 4 heterocycles. The molecule has 144 valence electrons. The highest BCUT2D eigenvalue weighted by atomic mass is 16.5. The van der Waals surface area contributed by atoms with Gasteiger partial charge in [-0.3, -0.25) is 4.79 Å². The van der Waals surface area contributed by atoms with Gasteiger partial charge in [-0.15, -0.1) is 0 Å². The summed E-state index contributed by atoms with van der Waals surface area (Å²) in [6.07, 6.45) is 5.04. The summed E-state index contributed by atoms with van der Waals surface area (Å²) in [7, 11) is 0. The summed E-state index contributed by atoms with van der Waals surface area (Å²) in [5, 5.41) is 9.16. The Morgan fingerprint density at radius 1 is 1.22 bits per heavy atom. The summed E-state index contributed by atoms with van der Waals surface area (Å²) in [5.41, 5.74) is 1.51. The standard InChI is InChI=1S/C17H16N2O5.C3H8/c20-13-8-12-15-10(3-1-4-19(12)9-11(13)17(21)22)7-14-16(18-15)24-6-2-5-23-14;1-3-2/h7-9H,1-6H2,(H,21,22);3H2,1-2H3. The minimum absolute atomic E-state index is 0.225. The van der Waals surface area contributed by atoms with Crippen LogP contribution in [0.15, 0.2) is 23.1 Å². The first-order chi connectivity index (χ1) is 13.0. The lowest BCUT2D eigenvalue weighted by Crippen LogP contribution is -2.18. The Morgan fingerprint density at radius 3 is 2.70 bits per heavy atom. The van der Waals surface area contributed by atoms with E-state index in [4.69, 9.17) is 14.6 Å². The lowest BCUT2D eigenvalue weighted by atomic mass is 10.1. The van der Waals surface area contributed by atoms with Gasteiger partial charge in [0.05, 0.1) is 24.6 Å². The maximum atomic E-state index is 12.1. The van der Waals surface area contributed by atoms with Gasteiger partial charge >= 0.3 is 5.97 Å². The topological polar surface area (TPSA) is 90.7 Å². The molecule has 7 heteroatoms. The number of carboxylic acids is 1. The van der Waals surface area contributed by atoms with E-state index in [1.807, 2.05) is 6.07 Å². The summed E-state index contributed by atoms with van der Waals surface area (Å²) < 4.78 is 13.1. The molecule has 0 fully saturated rings. The molecule has 0 saturated heterocycles. The van der Waals surface area contributed by atoms with E-state index in [0.717, 1.165) is 24.8 Å². The zero-order valence-electron chi connectivity index (χ0n) is 15.7. The number of carboxylic acid groups (broad SMARTS) is 1. The first kappa shape index (κ1) is 18.9. The molecule has 0 amide bonds. The Kier molecular flexibility index (Phi) is 5.78. The average molecular weight is 372 g/mol. The number of ether oxygens (including phenoxy) is 2. The molecule has 4 rings (SSSR count). The number of aromatic carboxylic acids is 1. The summed E-state index contributed by atoms with van der Waals surface area (Å²) in [6.45, 7) is 5.99. The van der Waals surface area contributed by atoms with E-state index in [9.17, 15) is 9.59 Å². The molecule has 0 radical (unpaired) electrons. The first-order valence-electron chi connectivity index (χ1n) is 9.32. The largest absolute Gasteiger partial charge is 0.488 e. The number of aromatic nitrogens is 2. The van der Waals surface area contributed by atoms with Crippen molar-refractivity contribution < 1.29 is 19.4 Å². The third kappa shape index (κ3) is 3.97. The molecule has 0 aliphatic carbocycles. The van der Waals surface area contributed by atoms with Gasteiger partial charge in [0.2, 0.25) is 0 Å². The number of hydrogen-bond donors (Lipinski definition) is 1. The second-order valence-corrected chi connectivity index (χ2v) is 6.60. The number of aryl methyl sites for hydroxylation is 2. The van der Waals surface area contributed by atoms with Crippen LogP contribution in [0.3, 0.4) is 0 Å². The molecule has 0 aromatic carbocycles. The molecular formula is C20H24N2O5.